The predicted octanol–water partition coefficient (Wildman–Crippen LogP) is -1.75. The summed E-state index contributed by atoms with van der Waals surface area (Å²) in [6, 6.07) is 6.50. The molecule has 9 atom stereocenters. The Balaban J connectivity index is 1.80. The van der Waals surface area contributed by atoms with Crippen LogP contribution in [0.4, 0.5) is 0 Å². The van der Waals surface area contributed by atoms with Crippen molar-refractivity contribution in [2.75, 3.05) is 13.2 Å². The number of aliphatic hydroxyl groups excluding tert-OH is 7. The summed E-state index contributed by atoms with van der Waals surface area (Å²) in [7, 11) is 0. The van der Waals surface area contributed by atoms with E-state index in [2.05, 4.69) is 0 Å². The van der Waals surface area contributed by atoms with E-state index in [1.54, 1.807) is 0 Å². The predicted molar refractivity (Wildman–Crippen MR) is 132 cm³/mol. The zero-order valence-electron chi connectivity index (χ0n) is 20.6. The summed E-state index contributed by atoms with van der Waals surface area (Å²) < 4.78 is 16.9. The van der Waals surface area contributed by atoms with Gasteiger partial charge in [0.15, 0.2) is 11.0 Å². The van der Waals surface area contributed by atoms with Gasteiger partial charge in [-0.1, -0.05) is 0 Å². The lowest BCUT2D eigenvalue weighted by Crippen LogP contribution is -2.55. The Bertz CT molecular complexity index is 1450. The standard InChI is InChI=1S/C26H28O14/c27-6-13-18(32)21(35)23(37)26(40-13)15-19(33)14-10(29)5-12(8-1-3-9(28)4-2-8)39-24(14)16(20(15)34)25-22(36)17(31)11(30)7-38-25/h1-5,11,13,17-18,21-23,25-28,30-37H,6-7H2/t11-,13+,17-,18-,21-,22+,23-,25-,26-/m1/s1. The lowest BCUT2D eigenvalue weighted by atomic mass is 9.85. The molecule has 0 radical (unpaired) electrons. The van der Waals surface area contributed by atoms with Crippen molar-refractivity contribution in [1.82, 2.24) is 0 Å². The highest BCUT2D eigenvalue weighted by atomic mass is 16.5. The fraction of sp³-hybridized carbons (Fsp3) is 0.423. The number of ether oxygens (including phenoxy) is 2. The van der Waals surface area contributed by atoms with Gasteiger partial charge in [0.25, 0.3) is 0 Å². The van der Waals surface area contributed by atoms with E-state index >= 15 is 0 Å². The summed E-state index contributed by atoms with van der Waals surface area (Å²) in [5.74, 6) is -2.01. The number of phenols is 3. The maximum atomic E-state index is 13.4. The van der Waals surface area contributed by atoms with Crippen LogP contribution >= 0.6 is 0 Å². The fourth-order valence-corrected chi connectivity index (χ4v) is 5.11. The highest BCUT2D eigenvalue weighted by Gasteiger charge is 2.48. The molecule has 2 aromatic carbocycles. The molecule has 216 valence electrons. The summed E-state index contributed by atoms with van der Waals surface area (Å²) in [6.07, 6.45) is -15.7. The van der Waals surface area contributed by atoms with Gasteiger partial charge in [-0.3, -0.25) is 4.79 Å². The third-order valence-electron chi connectivity index (χ3n) is 7.31. The topological polar surface area (TPSA) is 251 Å². The molecular weight excluding hydrogens is 536 g/mol. The second-order valence-electron chi connectivity index (χ2n) is 9.80. The van der Waals surface area contributed by atoms with Crippen molar-refractivity contribution in [1.29, 1.82) is 0 Å². The number of fused-ring (bicyclic) bond motifs is 1. The van der Waals surface area contributed by atoms with Crippen molar-refractivity contribution in [3.63, 3.8) is 0 Å². The summed E-state index contributed by atoms with van der Waals surface area (Å²) in [4.78, 5) is 13.4. The Hall–Kier alpha value is -3.31. The molecule has 0 amide bonds. The molecule has 2 aliphatic rings. The molecule has 3 heterocycles. The van der Waals surface area contributed by atoms with Crippen LogP contribution in [0.1, 0.15) is 23.3 Å². The molecule has 1 aromatic heterocycles. The average molecular weight is 564 g/mol. The normalized spacial score (nSPS) is 32.8. The van der Waals surface area contributed by atoms with Crippen molar-refractivity contribution in [3.05, 3.63) is 51.7 Å². The first-order valence-corrected chi connectivity index (χ1v) is 12.3. The van der Waals surface area contributed by atoms with Crippen molar-refractivity contribution in [3.8, 4) is 28.6 Å². The number of phenolic OH excluding ortho intramolecular Hbond substituents is 3. The van der Waals surface area contributed by atoms with Gasteiger partial charge in [0, 0.05) is 11.6 Å². The van der Waals surface area contributed by atoms with E-state index in [-0.39, 0.29) is 11.5 Å². The van der Waals surface area contributed by atoms with Gasteiger partial charge in [0.05, 0.1) is 24.3 Å². The van der Waals surface area contributed by atoms with Crippen molar-refractivity contribution < 1.29 is 65.0 Å². The van der Waals surface area contributed by atoms with Crippen LogP contribution in [-0.4, -0.2) is 107 Å². The average Bonchev–Trinajstić information content (AvgIpc) is 2.92. The Kier molecular flexibility index (Phi) is 7.47. The van der Waals surface area contributed by atoms with Crippen LogP contribution in [0.2, 0.25) is 0 Å². The van der Waals surface area contributed by atoms with E-state index in [1.807, 2.05) is 0 Å². The van der Waals surface area contributed by atoms with E-state index in [0.717, 1.165) is 6.07 Å². The van der Waals surface area contributed by atoms with Crippen molar-refractivity contribution in [2.24, 2.45) is 0 Å². The van der Waals surface area contributed by atoms with Gasteiger partial charge in [0.1, 0.15) is 83.3 Å². The third-order valence-corrected chi connectivity index (χ3v) is 7.31. The highest BCUT2D eigenvalue weighted by Crippen LogP contribution is 2.50. The number of rotatable bonds is 4. The minimum atomic E-state index is -1.98. The fourth-order valence-electron chi connectivity index (χ4n) is 5.11. The van der Waals surface area contributed by atoms with Crippen LogP contribution in [0, 0.1) is 0 Å². The summed E-state index contributed by atoms with van der Waals surface area (Å²) in [5.41, 5.74) is -2.15. The highest BCUT2D eigenvalue weighted by molar-refractivity contribution is 5.92. The minimum absolute atomic E-state index is 0.0710. The number of benzene rings is 2. The third kappa shape index (κ3) is 4.49. The summed E-state index contributed by atoms with van der Waals surface area (Å²) in [6.45, 7) is -1.34. The number of aromatic hydroxyl groups is 3. The molecule has 5 rings (SSSR count). The second kappa shape index (κ2) is 10.6. The quantitative estimate of drug-likeness (QED) is 0.169. The number of hydrogen-bond acceptors (Lipinski definition) is 14. The van der Waals surface area contributed by atoms with Gasteiger partial charge < -0.3 is 65.0 Å². The monoisotopic (exact) mass is 564 g/mol. The van der Waals surface area contributed by atoms with Gasteiger partial charge in [-0.15, -0.1) is 0 Å². The molecule has 2 aliphatic heterocycles. The lowest BCUT2D eigenvalue weighted by molar-refractivity contribution is -0.232. The first-order valence-electron chi connectivity index (χ1n) is 12.3. The largest absolute Gasteiger partial charge is 0.508 e. The molecule has 14 nitrogen and oxygen atoms in total. The van der Waals surface area contributed by atoms with Gasteiger partial charge in [0.2, 0.25) is 0 Å². The molecule has 10 N–H and O–H groups in total. The van der Waals surface area contributed by atoms with Crippen LogP contribution in [0.5, 0.6) is 17.2 Å². The Morgan fingerprint density at radius 3 is 2.08 bits per heavy atom. The molecule has 40 heavy (non-hydrogen) atoms. The molecule has 0 aliphatic carbocycles. The SMILES string of the molecule is O=c1cc(-c2ccc(O)cc2)oc2c([C@H]3OC[C@@H](O)[C@@H](O)[C@@H]3O)c(O)c([C@H]3O[C@@H](CO)[C@@H](O)[C@@H](O)[C@H]3O)c(O)c12. The van der Waals surface area contributed by atoms with E-state index in [0.29, 0.717) is 5.56 Å². The molecule has 0 bridgehead atoms. The summed E-state index contributed by atoms with van der Waals surface area (Å²) in [5, 5.41) is 104. The number of hydrogen-bond donors (Lipinski definition) is 10. The van der Waals surface area contributed by atoms with E-state index in [9.17, 15) is 55.9 Å². The first-order chi connectivity index (χ1) is 19.0. The second-order valence-corrected chi connectivity index (χ2v) is 9.80. The molecule has 0 saturated carbocycles. The minimum Gasteiger partial charge on any atom is -0.508 e. The van der Waals surface area contributed by atoms with Gasteiger partial charge >= 0.3 is 0 Å². The Morgan fingerprint density at radius 2 is 1.43 bits per heavy atom. The molecule has 0 spiro atoms. The molecule has 2 saturated heterocycles. The van der Waals surface area contributed by atoms with E-state index in [1.165, 1.54) is 24.3 Å². The van der Waals surface area contributed by atoms with Crippen molar-refractivity contribution in [2.45, 2.75) is 54.9 Å². The molecule has 14 heteroatoms. The van der Waals surface area contributed by atoms with Crippen molar-refractivity contribution >= 4 is 11.0 Å². The van der Waals surface area contributed by atoms with Gasteiger partial charge in [-0.2, -0.15) is 0 Å². The van der Waals surface area contributed by atoms with Crippen LogP contribution in [0.15, 0.2) is 39.5 Å². The van der Waals surface area contributed by atoms with Crippen LogP contribution in [0.25, 0.3) is 22.3 Å². The van der Waals surface area contributed by atoms with Crippen LogP contribution in [0.3, 0.4) is 0 Å². The molecule has 2 fully saturated rings. The van der Waals surface area contributed by atoms with E-state index < -0.39 is 107 Å². The van der Waals surface area contributed by atoms with Crippen LogP contribution in [-0.2, 0) is 9.47 Å². The zero-order valence-corrected chi connectivity index (χ0v) is 20.6. The molecular formula is C26H28O14. The maximum Gasteiger partial charge on any atom is 0.197 e. The smallest absolute Gasteiger partial charge is 0.197 e. The van der Waals surface area contributed by atoms with Gasteiger partial charge in [-0.05, 0) is 24.3 Å². The maximum absolute atomic E-state index is 13.4. The lowest BCUT2D eigenvalue weighted by Gasteiger charge is -2.41. The number of aliphatic hydroxyl groups is 7. The van der Waals surface area contributed by atoms with Gasteiger partial charge in [-0.25, -0.2) is 0 Å². The van der Waals surface area contributed by atoms with Crippen LogP contribution < -0.4 is 5.43 Å². The summed E-state index contributed by atoms with van der Waals surface area (Å²) >= 11 is 0. The Morgan fingerprint density at radius 1 is 0.775 bits per heavy atom. The Labute approximate surface area is 224 Å². The molecule has 0 unspecified atom stereocenters. The zero-order chi connectivity index (χ0) is 29.0. The van der Waals surface area contributed by atoms with E-state index in [4.69, 9.17) is 13.9 Å². The first kappa shape index (κ1) is 28.2. The molecule has 3 aromatic rings.